The van der Waals surface area contributed by atoms with Crippen LogP contribution >= 0.6 is 0 Å². The predicted octanol–water partition coefficient (Wildman–Crippen LogP) is 2.26. The second-order valence-corrected chi connectivity index (χ2v) is 2.66. The number of nitrogens with zero attached hydrogens (tertiary/aromatic N) is 1. The van der Waals surface area contributed by atoms with E-state index in [-0.39, 0.29) is 0 Å². The van der Waals surface area contributed by atoms with Crippen molar-refractivity contribution in [1.29, 1.82) is 0 Å². The van der Waals surface area contributed by atoms with Gasteiger partial charge in [0.1, 0.15) is 0 Å². The van der Waals surface area contributed by atoms with Crippen molar-refractivity contribution < 1.29 is 0 Å². The molecular weight excluding hydrogens is 148 g/mol. The summed E-state index contributed by atoms with van der Waals surface area (Å²) in [7, 11) is 0. The van der Waals surface area contributed by atoms with Crippen LogP contribution in [0.5, 0.6) is 0 Å². The van der Waals surface area contributed by atoms with Gasteiger partial charge >= 0.3 is 0 Å². The number of aromatic nitrogens is 2. The molecule has 2 heteroatoms. The molecule has 2 rings (SSSR count). The highest BCUT2D eigenvalue weighted by atomic mass is 15.1. The minimum Gasteiger partial charge on any atom is -0.285 e. The molecule has 2 aromatic rings. The number of H-pyrrole nitrogens is 1. The van der Waals surface area contributed by atoms with Crippen molar-refractivity contribution in [1.82, 2.24) is 10.2 Å². The topological polar surface area (TPSA) is 28.7 Å². The van der Waals surface area contributed by atoms with E-state index >= 15 is 0 Å². The first kappa shape index (κ1) is 7.10. The molecule has 0 atom stereocenters. The molecular formula is C10H9N2. The Hall–Kier alpha value is -1.57. The Morgan fingerprint density at radius 3 is 2.83 bits per heavy atom. The van der Waals surface area contributed by atoms with E-state index < -0.39 is 0 Å². The summed E-state index contributed by atoms with van der Waals surface area (Å²) in [6.07, 6.45) is 1.81. The lowest BCUT2D eigenvalue weighted by Gasteiger charge is -1.96. The van der Waals surface area contributed by atoms with Gasteiger partial charge in [0.2, 0.25) is 0 Å². The molecule has 0 unspecified atom stereocenters. The van der Waals surface area contributed by atoms with E-state index in [0.717, 1.165) is 16.8 Å². The SMILES string of the molecule is [CH2]c1cccc(-c2cc[nH]n2)c1. The normalized spacial score (nSPS) is 10.1. The van der Waals surface area contributed by atoms with Crippen molar-refractivity contribution in [3.63, 3.8) is 0 Å². The van der Waals surface area contributed by atoms with Crippen molar-refractivity contribution in [2.24, 2.45) is 0 Å². The number of hydrogen-bond acceptors (Lipinski definition) is 1. The average Bonchev–Trinajstić information content (AvgIpc) is 2.56. The Kier molecular flexibility index (Phi) is 1.67. The standard InChI is InChI=1S/C10H9N2/c1-8-3-2-4-9(7-8)10-5-6-11-12-10/h2-7H,1H2,(H,11,12). The highest BCUT2D eigenvalue weighted by Gasteiger charge is 1.97. The molecule has 1 radical (unpaired) electrons. The van der Waals surface area contributed by atoms with Crippen LogP contribution in [0.15, 0.2) is 36.5 Å². The lowest BCUT2D eigenvalue weighted by Crippen LogP contribution is -1.78. The van der Waals surface area contributed by atoms with Crippen LogP contribution in [-0.2, 0) is 0 Å². The molecule has 1 heterocycles. The summed E-state index contributed by atoms with van der Waals surface area (Å²) < 4.78 is 0. The molecule has 0 saturated carbocycles. The molecule has 0 aliphatic carbocycles. The molecule has 0 bridgehead atoms. The van der Waals surface area contributed by atoms with Crippen molar-refractivity contribution in [3.8, 4) is 11.3 Å². The summed E-state index contributed by atoms with van der Waals surface area (Å²) in [5.41, 5.74) is 3.07. The van der Waals surface area contributed by atoms with Gasteiger partial charge in [-0.2, -0.15) is 5.10 Å². The van der Waals surface area contributed by atoms with Gasteiger partial charge in [-0.3, -0.25) is 5.10 Å². The van der Waals surface area contributed by atoms with Gasteiger partial charge in [-0.05, 0) is 24.6 Å². The van der Waals surface area contributed by atoms with Gasteiger partial charge in [-0.1, -0.05) is 18.2 Å². The monoisotopic (exact) mass is 157 g/mol. The minimum absolute atomic E-state index is 0.959. The Labute approximate surface area is 71.3 Å². The quantitative estimate of drug-likeness (QED) is 0.675. The Morgan fingerprint density at radius 2 is 2.17 bits per heavy atom. The van der Waals surface area contributed by atoms with Gasteiger partial charge in [-0.25, -0.2) is 0 Å². The summed E-state index contributed by atoms with van der Waals surface area (Å²) in [5, 5.41) is 6.85. The maximum absolute atomic E-state index is 4.07. The molecule has 59 valence electrons. The Bertz CT molecular complexity index is 363. The zero-order valence-corrected chi connectivity index (χ0v) is 6.62. The molecule has 1 N–H and O–H groups in total. The van der Waals surface area contributed by atoms with Crippen molar-refractivity contribution in [2.45, 2.75) is 0 Å². The lowest BCUT2D eigenvalue weighted by atomic mass is 10.1. The van der Waals surface area contributed by atoms with Crippen LogP contribution in [0.3, 0.4) is 0 Å². The summed E-state index contributed by atoms with van der Waals surface area (Å²) >= 11 is 0. The summed E-state index contributed by atoms with van der Waals surface area (Å²) in [6, 6.07) is 9.91. The third-order valence-corrected chi connectivity index (χ3v) is 1.72. The third-order valence-electron chi connectivity index (χ3n) is 1.72. The first-order valence-corrected chi connectivity index (χ1v) is 3.78. The molecule has 12 heavy (non-hydrogen) atoms. The molecule has 0 amide bonds. The second kappa shape index (κ2) is 2.81. The fourth-order valence-corrected chi connectivity index (χ4v) is 1.15. The summed E-state index contributed by atoms with van der Waals surface area (Å²) in [5.74, 6) is 0. The Morgan fingerprint density at radius 1 is 1.25 bits per heavy atom. The van der Waals surface area contributed by atoms with Gasteiger partial charge < -0.3 is 0 Å². The first-order chi connectivity index (χ1) is 5.86. The van der Waals surface area contributed by atoms with Crippen LogP contribution in [0.25, 0.3) is 11.3 Å². The van der Waals surface area contributed by atoms with Gasteiger partial charge in [-0.15, -0.1) is 0 Å². The van der Waals surface area contributed by atoms with E-state index in [1.165, 1.54) is 0 Å². The number of hydrogen-bond donors (Lipinski definition) is 1. The van der Waals surface area contributed by atoms with Crippen molar-refractivity contribution in [2.75, 3.05) is 0 Å². The summed E-state index contributed by atoms with van der Waals surface area (Å²) in [4.78, 5) is 0. The second-order valence-electron chi connectivity index (χ2n) is 2.66. The number of nitrogens with one attached hydrogen (secondary N) is 1. The van der Waals surface area contributed by atoms with Gasteiger partial charge in [0.15, 0.2) is 0 Å². The molecule has 1 aromatic heterocycles. The van der Waals surface area contributed by atoms with Crippen LogP contribution in [0.4, 0.5) is 0 Å². The highest BCUT2D eigenvalue weighted by molar-refractivity contribution is 5.59. The van der Waals surface area contributed by atoms with Crippen LogP contribution in [0.2, 0.25) is 0 Å². The zero-order chi connectivity index (χ0) is 8.39. The van der Waals surface area contributed by atoms with Crippen molar-refractivity contribution >= 4 is 0 Å². The fourth-order valence-electron chi connectivity index (χ4n) is 1.15. The molecule has 0 aliphatic rings. The maximum atomic E-state index is 4.07. The molecule has 0 saturated heterocycles. The highest BCUT2D eigenvalue weighted by Crippen LogP contribution is 2.16. The van der Waals surface area contributed by atoms with E-state index in [4.69, 9.17) is 0 Å². The summed E-state index contributed by atoms with van der Waals surface area (Å²) in [6.45, 7) is 3.85. The van der Waals surface area contributed by atoms with Crippen LogP contribution < -0.4 is 0 Å². The van der Waals surface area contributed by atoms with Gasteiger partial charge in [0.05, 0.1) is 5.69 Å². The number of aromatic amines is 1. The maximum Gasteiger partial charge on any atom is 0.0920 e. The molecule has 0 fully saturated rings. The predicted molar refractivity (Wildman–Crippen MR) is 48.5 cm³/mol. The third kappa shape index (κ3) is 1.23. The molecule has 2 nitrogen and oxygen atoms in total. The van der Waals surface area contributed by atoms with E-state index in [2.05, 4.69) is 17.1 Å². The van der Waals surface area contributed by atoms with Crippen LogP contribution in [0, 0.1) is 6.92 Å². The molecule has 0 aliphatic heterocycles. The van der Waals surface area contributed by atoms with E-state index in [1.807, 2.05) is 36.5 Å². The largest absolute Gasteiger partial charge is 0.285 e. The lowest BCUT2D eigenvalue weighted by molar-refractivity contribution is 1.10. The molecule has 0 spiro atoms. The van der Waals surface area contributed by atoms with E-state index in [1.54, 1.807) is 0 Å². The molecule has 1 aromatic carbocycles. The minimum atomic E-state index is 0.959. The smallest absolute Gasteiger partial charge is 0.0920 e. The van der Waals surface area contributed by atoms with E-state index in [9.17, 15) is 0 Å². The van der Waals surface area contributed by atoms with Crippen LogP contribution in [-0.4, -0.2) is 10.2 Å². The zero-order valence-electron chi connectivity index (χ0n) is 6.62. The van der Waals surface area contributed by atoms with Gasteiger partial charge in [0.25, 0.3) is 0 Å². The number of benzene rings is 1. The van der Waals surface area contributed by atoms with E-state index in [0.29, 0.717) is 0 Å². The van der Waals surface area contributed by atoms with Crippen molar-refractivity contribution in [3.05, 3.63) is 49.0 Å². The van der Waals surface area contributed by atoms with Gasteiger partial charge in [0, 0.05) is 11.8 Å². The Balaban J connectivity index is 2.48. The van der Waals surface area contributed by atoms with Crippen LogP contribution in [0.1, 0.15) is 5.56 Å². The first-order valence-electron chi connectivity index (χ1n) is 3.78. The fraction of sp³-hybridized carbons (Fsp3) is 0. The average molecular weight is 157 g/mol. The number of rotatable bonds is 1.